The summed E-state index contributed by atoms with van der Waals surface area (Å²) < 4.78 is 5.55. The van der Waals surface area contributed by atoms with Crippen molar-refractivity contribution in [3.63, 3.8) is 0 Å². The van der Waals surface area contributed by atoms with Gasteiger partial charge in [0.05, 0.1) is 4.88 Å². The van der Waals surface area contributed by atoms with Crippen LogP contribution >= 0.6 is 11.3 Å². The molecule has 1 heterocycles. The second kappa shape index (κ2) is 11.1. The highest BCUT2D eigenvalue weighted by Gasteiger charge is 2.09. The normalized spacial score (nSPS) is 10.3. The molecule has 0 radical (unpaired) electrons. The van der Waals surface area contributed by atoms with Crippen LogP contribution in [0.15, 0.2) is 60.0 Å². The Balaban J connectivity index is 1.40. The molecule has 0 aliphatic heterocycles. The van der Waals surface area contributed by atoms with Crippen molar-refractivity contribution in [3.05, 3.63) is 81.5 Å². The van der Waals surface area contributed by atoms with E-state index in [1.165, 1.54) is 11.3 Å². The van der Waals surface area contributed by atoms with Gasteiger partial charge in [0.25, 0.3) is 17.7 Å². The van der Waals surface area contributed by atoms with Gasteiger partial charge in [0.1, 0.15) is 5.75 Å². The molecule has 3 N–H and O–H groups in total. The zero-order valence-electron chi connectivity index (χ0n) is 17.9. The molecular formula is C24H25N3O4S. The molecule has 8 heteroatoms. The molecule has 0 aliphatic carbocycles. The number of benzene rings is 2. The lowest BCUT2D eigenvalue weighted by atomic mass is 10.1. The fraction of sp³-hybridized carbons (Fsp3) is 0.208. The maximum absolute atomic E-state index is 12.2. The number of nitrogens with one attached hydrogen (secondary N) is 3. The molecule has 0 fully saturated rings. The maximum atomic E-state index is 12.2. The lowest BCUT2D eigenvalue weighted by Gasteiger charge is -2.10. The van der Waals surface area contributed by atoms with Gasteiger partial charge in [0.2, 0.25) is 0 Å². The van der Waals surface area contributed by atoms with Gasteiger partial charge >= 0.3 is 0 Å². The maximum Gasteiger partial charge on any atom is 0.262 e. The molecule has 7 nitrogen and oxygen atoms in total. The Morgan fingerprint density at radius 1 is 0.875 bits per heavy atom. The second-order valence-corrected chi connectivity index (χ2v) is 8.17. The summed E-state index contributed by atoms with van der Waals surface area (Å²) in [5.41, 5.74) is 3.16. The van der Waals surface area contributed by atoms with Gasteiger partial charge in [-0.1, -0.05) is 12.1 Å². The van der Waals surface area contributed by atoms with Crippen LogP contribution in [0.1, 0.15) is 31.2 Å². The van der Waals surface area contributed by atoms with E-state index in [-0.39, 0.29) is 24.3 Å². The lowest BCUT2D eigenvalue weighted by Crippen LogP contribution is -2.34. The summed E-state index contributed by atoms with van der Waals surface area (Å²) in [6.07, 6.45) is 0. The molecule has 3 rings (SSSR count). The van der Waals surface area contributed by atoms with Gasteiger partial charge in [-0.25, -0.2) is 0 Å². The smallest absolute Gasteiger partial charge is 0.262 e. The minimum absolute atomic E-state index is 0.109. The molecule has 2 aromatic carbocycles. The molecule has 0 saturated carbocycles. The summed E-state index contributed by atoms with van der Waals surface area (Å²) in [5.74, 6) is -0.0543. The van der Waals surface area contributed by atoms with E-state index in [2.05, 4.69) is 16.0 Å². The molecule has 0 unspecified atom stereocenters. The number of aryl methyl sites for hydroxylation is 2. The van der Waals surface area contributed by atoms with Crippen molar-refractivity contribution in [2.45, 2.75) is 13.8 Å². The van der Waals surface area contributed by atoms with Crippen molar-refractivity contribution in [2.24, 2.45) is 0 Å². The largest absolute Gasteiger partial charge is 0.484 e. The molecule has 3 aromatic rings. The molecule has 32 heavy (non-hydrogen) atoms. The average molecular weight is 452 g/mol. The topological polar surface area (TPSA) is 96.5 Å². The van der Waals surface area contributed by atoms with E-state index < -0.39 is 0 Å². The standard InChI is InChI=1S/C24H25N3O4S/c1-16-12-17(2)14-20(13-16)31-15-22(28)27-19-7-5-18(6-8-19)23(29)25-9-10-26-24(30)21-4-3-11-32-21/h3-8,11-14H,9-10,15H2,1-2H3,(H,25,29)(H,26,30)(H,27,28). The first kappa shape index (κ1) is 23.0. The summed E-state index contributed by atoms with van der Waals surface area (Å²) in [4.78, 5) is 36.9. The van der Waals surface area contributed by atoms with E-state index >= 15 is 0 Å². The second-order valence-electron chi connectivity index (χ2n) is 7.23. The Hall–Kier alpha value is -3.65. The van der Waals surface area contributed by atoms with Gasteiger partial charge in [-0.3, -0.25) is 14.4 Å². The minimum Gasteiger partial charge on any atom is -0.484 e. The number of hydrogen-bond acceptors (Lipinski definition) is 5. The highest BCUT2D eigenvalue weighted by Crippen LogP contribution is 2.16. The van der Waals surface area contributed by atoms with E-state index in [4.69, 9.17) is 4.74 Å². The third-order valence-electron chi connectivity index (χ3n) is 4.44. The highest BCUT2D eigenvalue weighted by atomic mass is 32.1. The van der Waals surface area contributed by atoms with Gasteiger partial charge in [-0.2, -0.15) is 0 Å². The van der Waals surface area contributed by atoms with Crippen molar-refractivity contribution >= 4 is 34.7 Å². The van der Waals surface area contributed by atoms with Crippen molar-refractivity contribution < 1.29 is 19.1 Å². The van der Waals surface area contributed by atoms with Crippen molar-refractivity contribution in [2.75, 3.05) is 25.0 Å². The molecule has 0 saturated heterocycles. The van der Waals surface area contributed by atoms with Crippen LogP contribution in [0, 0.1) is 13.8 Å². The van der Waals surface area contributed by atoms with Crippen molar-refractivity contribution in [1.29, 1.82) is 0 Å². The minimum atomic E-state index is -0.289. The average Bonchev–Trinajstić information content (AvgIpc) is 3.30. The number of thiophene rings is 1. The molecular weight excluding hydrogens is 426 g/mol. The van der Waals surface area contributed by atoms with Gasteiger partial charge in [0, 0.05) is 24.3 Å². The number of anilines is 1. The zero-order chi connectivity index (χ0) is 22.9. The fourth-order valence-electron chi connectivity index (χ4n) is 3.02. The summed E-state index contributed by atoms with van der Waals surface area (Å²) >= 11 is 1.36. The zero-order valence-corrected chi connectivity index (χ0v) is 18.8. The quantitative estimate of drug-likeness (QED) is 0.434. The predicted molar refractivity (Wildman–Crippen MR) is 125 cm³/mol. The Morgan fingerprint density at radius 3 is 2.16 bits per heavy atom. The number of carbonyl (C=O) groups excluding carboxylic acids is 3. The van der Waals surface area contributed by atoms with Crippen LogP contribution in [0.5, 0.6) is 5.75 Å². The molecule has 3 amide bonds. The fourth-order valence-corrected chi connectivity index (χ4v) is 3.66. The van der Waals surface area contributed by atoms with Crippen LogP contribution in [-0.2, 0) is 4.79 Å². The van der Waals surface area contributed by atoms with E-state index in [1.54, 1.807) is 30.3 Å². The summed E-state index contributed by atoms with van der Waals surface area (Å²) in [6.45, 7) is 4.47. The SMILES string of the molecule is Cc1cc(C)cc(OCC(=O)Nc2ccc(C(=O)NCCNC(=O)c3cccs3)cc2)c1. The third kappa shape index (κ3) is 6.95. The van der Waals surface area contributed by atoms with Crippen LogP contribution in [0.25, 0.3) is 0 Å². The molecule has 0 aliphatic rings. The predicted octanol–water partition coefficient (Wildman–Crippen LogP) is 3.54. The summed E-state index contributed by atoms with van der Waals surface area (Å²) in [6, 6.07) is 15.9. The lowest BCUT2D eigenvalue weighted by molar-refractivity contribution is -0.118. The van der Waals surface area contributed by atoms with Crippen molar-refractivity contribution in [3.8, 4) is 5.75 Å². The molecule has 0 spiro atoms. The van der Waals surface area contributed by atoms with E-state index in [0.29, 0.717) is 35.0 Å². The first-order valence-corrected chi connectivity index (χ1v) is 11.0. The molecule has 0 atom stereocenters. The number of carbonyl (C=O) groups is 3. The van der Waals surface area contributed by atoms with E-state index in [1.807, 2.05) is 43.5 Å². The highest BCUT2D eigenvalue weighted by molar-refractivity contribution is 7.12. The first-order valence-electron chi connectivity index (χ1n) is 10.1. The molecule has 166 valence electrons. The summed E-state index contributed by atoms with van der Waals surface area (Å²) in [5, 5.41) is 10.1. The van der Waals surface area contributed by atoms with Crippen molar-refractivity contribution in [1.82, 2.24) is 10.6 Å². The Kier molecular flexibility index (Phi) is 7.99. The first-order chi connectivity index (χ1) is 15.4. The van der Waals surface area contributed by atoms with Gasteiger partial charge < -0.3 is 20.7 Å². The number of hydrogen-bond donors (Lipinski definition) is 3. The van der Waals surface area contributed by atoms with E-state index in [0.717, 1.165) is 11.1 Å². The Bertz CT molecular complexity index is 1060. The van der Waals surface area contributed by atoms with E-state index in [9.17, 15) is 14.4 Å². The Morgan fingerprint density at radius 2 is 1.53 bits per heavy atom. The summed E-state index contributed by atoms with van der Waals surface area (Å²) in [7, 11) is 0. The Labute approximate surface area is 190 Å². The third-order valence-corrected chi connectivity index (χ3v) is 5.31. The number of ether oxygens (including phenoxy) is 1. The van der Waals surface area contributed by atoms with Crippen LogP contribution in [-0.4, -0.2) is 37.4 Å². The molecule has 1 aromatic heterocycles. The van der Waals surface area contributed by atoms with Gasteiger partial charge in [0.15, 0.2) is 6.61 Å². The molecule has 0 bridgehead atoms. The van der Waals surface area contributed by atoms with Gasteiger partial charge in [-0.15, -0.1) is 11.3 Å². The number of rotatable bonds is 9. The van der Waals surface area contributed by atoms with Crippen LogP contribution in [0.2, 0.25) is 0 Å². The van der Waals surface area contributed by atoms with Gasteiger partial charge in [-0.05, 0) is 72.8 Å². The van der Waals surface area contributed by atoms with Crippen LogP contribution in [0.3, 0.4) is 0 Å². The van der Waals surface area contributed by atoms with Crippen LogP contribution < -0.4 is 20.7 Å². The monoisotopic (exact) mass is 451 g/mol. The van der Waals surface area contributed by atoms with Crippen LogP contribution in [0.4, 0.5) is 5.69 Å². The number of amides is 3.